The zero-order valence-corrected chi connectivity index (χ0v) is 26.1. The molecule has 236 valence electrons. The van der Waals surface area contributed by atoms with E-state index >= 15 is 0 Å². The summed E-state index contributed by atoms with van der Waals surface area (Å²) in [5.41, 5.74) is 9.91. The molecule has 0 atom stereocenters. The van der Waals surface area contributed by atoms with Gasteiger partial charge in [-0.2, -0.15) is 0 Å². The van der Waals surface area contributed by atoms with E-state index in [1.165, 1.54) is 44.8 Å². The van der Waals surface area contributed by atoms with Crippen molar-refractivity contribution in [1.82, 2.24) is 4.90 Å². The molecule has 0 amide bonds. The second kappa shape index (κ2) is 16.3. The minimum atomic E-state index is -6.00. The van der Waals surface area contributed by atoms with Crippen LogP contribution in [0.4, 0.5) is 17.3 Å². The first-order valence-electron chi connectivity index (χ1n) is 15.1. The Morgan fingerprint density at radius 1 is 0.818 bits per heavy atom. The highest BCUT2D eigenvalue weighted by Crippen LogP contribution is 2.34. The van der Waals surface area contributed by atoms with Gasteiger partial charge in [0, 0.05) is 35.5 Å². The number of hydrogen-bond acceptors (Lipinski definition) is 3. The summed E-state index contributed by atoms with van der Waals surface area (Å²) in [5, 5.41) is 0.893. The Balaban J connectivity index is 0.000000818. The predicted molar refractivity (Wildman–Crippen MR) is 172 cm³/mol. The maximum Gasteiger partial charge on any atom is 0.673 e. The van der Waals surface area contributed by atoms with Crippen LogP contribution < -0.4 is 0 Å². The van der Waals surface area contributed by atoms with Gasteiger partial charge in [-0.25, -0.2) is 4.58 Å². The lowest BCUT2D eigenvalue weighted by Crippen LogP contribution is -2.34. The molecule has 0 unspecified atom stereocenters. The molecule has 0 spiro atoms. The van der Waals surface area contributed by atoms with Crippen molar-refractivity contribution in [2.75, 3.05) is 52.6 Å². The molecule has 0 aromatic heterocycles. The van der Waals surface area contributed by atoms with Crippen molar-refractivity contribution < 1.29 is 31.3 Å². The third kappa shape index (κ3) is 10.5. The Morgan fingerprint density at radius 3 is 1.95 bits per heavy atom. The fraction of sp³-hybridized carbons (Fsp3) is 0.382. The van der Waals surface area contributed by atoms with E-state index < -0.39 is 7.25 Å². The van der Waals surface area contributed by atoms with Gasteiger partial charge in [0.2, 0.25) is 5.71 Å². The van der Waals surface area contributed by atoms with Crippen LogP contribution in [0.3, 0.4) is 0 Å². The number of rotatable bonds is 6. The highest BCUT2D eigenvalue weighted by Gasteiger charge is 2.21. The molecule has 4 nitrogen and oxygen atoms in total. The molecule has 44 heavy (non-hydrogen) atoms. The molecule has 2 aromatic rings. The second-order valence-corrected chi connectivity index (χ2v) is 11.5. The van der Waals surface area contributed by atoms with Gasteiger partial charge in [-0.15, -0.1) is 0 Å². The fourth-order valence-corrected chi connectivity index (χ4v) is 5.71. The maximum atomic E-state index is 9.75. The maximum absolute atomic E-state index is 9.75. The summed E-state index contributed by atoms with van der Waals surface area (Å²) in [7, 11) is -6.00. The first kappa shape index (κ1) is 33.8. The smallest absolute Gasteiger partial charge is 0.418 e. The molecule has 5 rings (SSSR count). The van der Waals surface area contributed by atoms with Gasteiger partial charge < -0.3 is 31.6 Å². The van der Waals surface area contributed by atoms with Crippen molar-refractivity contribution in [2.45, 2.75) is 33.1 Å². The number of aryl methyl sites for hydroxylation is 2. The van der Waals surface area contributed by atoms with E-state index in [1.807, 2.05) is 0 Å². The first-order valence-corrected chi connectivity index (χ1v) is 15.5. The highest BCUT2D eigenvalue weighted by atomic mass is 35.5. The Bertz CT molecular complexity index is 1390. The van der Waals surface area contributed by atoms with Crippen LogP contribution in [0, 0.1) is 13.8 Å². The summed E-state index contributed by atoms with van der Waals surface area (Å²) < 4.78 is 52.7. The number of hydrogen-bond donors (Lipinski definition) is 0. The summed E-state index contributed by atoms with van der Waals surface area (Å²) in [6, 6.07) is 17.6. The summed E-state index contributed by atoms with van der Waals surface area (Å²) >= 11 is 7.08. The predicted octanol–water partition coefficient (Wildman–Crippen LogP) is 7.97. The first-order chi connectivity index (χ1) is 21.1. The molecule has 10 heteroatoms. The standard InChI is InChI=1S/C34H40ClN2O2.BF4/c1-26-6-10-28(11-7-26)32(36-18-22-38-23-19-36)16-14-30-4-3-5-31(34(30)35)15-17-33(37-20-24-39-25-21-37)29-12-8-27(2)9-13-29;2-1(3,4)5/h6-17H,3-5,18-25H2,1-2H3;/q+1;-1. The van der Waals surface area contributed by atoms with Gasteiger partial charge >= 0.3 is 7.25 Å². The molecule has 0 N–H and O–H groups in total. The topological polar surface area (TPSA) is 24.7 Å². The summed E-state index contributed by atoms with van der Waals surface area (Å²) in [6.07, 6.45) is 12.1. The molecule has 2 saturated heterocycles. The van der Waals surface area contributed by atoms with Gasteiger partial charge in [0.1, 0.15) is 13.2 Å². The molecule has 2 fully saturated rings. The van der Waals surface area contributed by atoms with Crippen molar-refractivity contribution in [2.24, 2.45) is 0 Å². The lowest BCUT2D eigenvalue weighted by Gasteiger charge is -2.31. The fourth-order valence-electron chi connectivity index (χ4n) is 5.39. The van der Waals surface area contributed by atoms with Crippen LogP contribution in [-0.2, 0) is 9.47 Å². The van der Waals surface area contributed by atoms with Crippen LogP contribution in [0.25, 0.3) is 5.70 Å². The van der Waals surface area contributed by atoms with Gasteiger partial charge in [0.05, 0.1) is 13.2 Å². The third-order valence-corrected chi connectivity index (χ3v) is 8.22. The van der Waals surface area contributed by atoms with E-state index in [0.717, 1.165) is 76.9 Å². The molecule has 1 aliphatic carbocycles. The van der Waals surface area contributed by atoms with Crippen molar-refractivity contribution in [3.63, 3.8) is 0 Å². The SMILES string of the molecule is Cc1ccc(C(/C=C/C2=C(Cl)C(=C/C=C(\c3ccc(C)cc3)N3CCOCC3)/CCC2)=[N+]2CCOCC2)cc1.F[B-](F)(F)F. The summed E-state index contributed by atoms with van der Waals surface area (Å²) in [4.78, 5) is 2.43. The van der Waals surface area contributed by atoms with E-state index in [9.17, 15) is 17.3 Å². The molecule has 3 aliphatic rings. The largest absolute Gasteiger partial charge is 0.673 e. The molecular weight excluding hydrogens is 591 g/mol. The van der Waals surface area contributed by atoms with Crippen molar-refractivity contribution >= 4 is 30.3 Å². The normalized spacial score (nSPS) is 19.3. The van der Waals surface area contributed by atoms with Crippen LogP contribution in [0.5, 0.6) is 0 Å². The molecular formula is C34H40BClF4N2O2. The van der Waals surface area contributed by atoms with Crippen molar-refractivity contribution in [3.8, 4) is 0 Å². The van der Waals surface area contributed by atoms with Crippen LogP contribution in [0.15, 0.2) is 89.0 Å². The molecule has 2 aliphatic heterocycles. The Labute approximate surface area is 263 Å². The monoisotopic (exact) mass is 630 g/mol. The number of morpholine rings is 2. The average Bonchev–Trinajstić information content (AvgIpc) is 3.01. The van der Waals surface area contributed by atoms with Crippen LogP contribution in [0.1, 0.15) is 41.5 Å². The lowest BCUT2D eigenvalue weighted by molar-refractivity contribution is -0.548. The zero-order chi connectivity index (χ0) is 31.5. The number of nitrogens with zero attached hydrogens (tertiary/aromatic N) is 2. The molecule has 0 radical (unpaired) electrons. The van der Waals surface area contributed by atoms with Crippen molar-refractivity contribution in [3.05, 3.63) is 111 Å². The van der Waals surface area contributed by atoms with Gasteiger partial charge in [0.25, 0.3) is 0 Å². The number of ether oxygens (including phenoxy) is 2. The number of benzene rings is 2. The van der Waals surface area contributed by atoms with Crippen LogP contribution >= 0.6 is 11.6 Å². The van der Waals surface area contributed by atoms with Gasteiger partial charge in [-0.3, -0.25) is 0 Å². The average molecular weight is 631 g/mol. The number of allylic oxidation sites excluding steroid dienone is 7. The lowest BCUT2D eigenvalue weighted by atomic mass is 9.93. The molecule has 0 saturated carbocycles. The number of halogens is 5. The summed E-state index contributed by atoms with van der Waals surface area (Å²) in [6.45, 7) is 10.9. The Kier molecular flexibility index (Phi) is 12.5. The molecule has 2 aromatic carbocycles. The minimum absolute atomic E-state index is 0.762. The minimum Gasteiger partial charge on any atom is -0.418 e. The molecule has 2 heterocycles. The quantitative estimate of drug-likeness (QED) is 0.184. The van der Waals surface area contributed by atoms with Gasteiger partial charge in [-0.1, -0.05) is 71.3 Å². The van der Waals surface area contributed by atoms with Gasteiger partial charge in [0.15, 0.2) is 13.1 Å². The second-order valence-electron chi connectivity index (χ2n) is 11.1. The Morgan fingerprint density at radius 2 is 1.36 bits per heavy atom. The zero-order valence-electron chi connectivity index (χ0n) is 25.4. The van der Waals surface area contributed by atoms with E-state index in [0.29, 0.717) is 0 Å². The highest BCUT2D eigenvalue weighted by molar-refractivity contribution is 6.50. The van der Waals surface area contributed by atoms with Gasteiger partial charge in [-0.05, 0) is 68.0 Å². The van der Waals surface area contributed by atoms with Crippen LogP contribution in [-0.4, -0.2) is 75.0 Å². The van der Waals surface area contributed by atoms with E-state index in [2.05, 4.69) is 96.2 Å². The Hall–Kier alpha value is -3.14. The van der Waals surface area contributed by atoms with E-state index in [-0.39, 0.29) is 0 Å². The van der Waals surface area contributed by atoms with E-state index in [4.69, 9.17) is 21.1 Å². The third-order valence-electron chi connectivity index (χ3n) is 7.74. The molecule has 0 bridgehead atoms. The van der Waals surface area contributed by atoms with Crippen LogP contribution in [0.2, 0.25) is 0 Å². The van der Waals surface area contributed by atoms with Crippen molar-refractivity contribution in [1.29, 1.82) is 0 Å². The summed E-state index contributed by atoms with van der Waals surface area (Å²) in [5.74, 6) is 0. The van der Waals surface area contributed by atoms with E-state index in [1.54, 1.807) is 0 Å².